The molecule has 0 bridgehead atoms. The molecule has 0 spiro atoms. The SMILES string of the molecule is CCC1CCC(NCC(C)c2ccccc2)C1C. The van der Waals surface area contributed by atoms with Crippen LogP contribution in [0, 0.1) is 11.8 Å². The van der Waals surface area contributed by atoms with Gasteiger partial charge in [0.25, 0.3) is 0 Å². The van der Waals surface area contributed by atoms with Crippen molar-refractivity contribution in [2.45, 2.75) is 52.0 Å². The number of hydrogen-bond acceptors (Lipinski definition) is 1. The molecule has 1 nitrogen and oxygen atoms in total. The lowest BCUT2D eigenvalue weighted by molar-refractivity contribution is 0.342. The second-order valence-corrected chi connectivity index (χ2v) is 5.93. The van der Waals surface area contributed by atoms with Gasteiger partial charge >= 0.3 is 0 Å². The summed E-state index contributed by atoms with van der Waals surface area (Å²) in [6.07, 6.45) is 4.11. The first-order chi connectivity index (χ1) is 8.72. The Morgan fingerprint density at radius 3 is 2.56 bits per heavy atom. The molecule has 1 heteroatoms. The van der Waals surface area contributed by atoms with Crippen LogP contribution in [0.15, 0.2) is 30.3 Å². The van der Waals surface area contributed by atoms with Gasteiger partial charge < -0.3 is 5.32 Å². The van der Waals surface area contributed by atoms with Gasteiger partial charge in [-0.15, -0.1) is 0 Å². The Morgan fingerprint density at radius 1 is 1.22 bits per heavy atom. The summed E-state index contributed by atoms with van der Waals surface area (Å²) in [7, 11) is 0. The van der Waals surface area contributed by atoms with E-state index in [2.05, 4.69) is 56.4 Å². The summed E-state index contributed by atoms with van der Waals surface area (Å²) < 4.78 is 0. The van der Waals surface area contributed by atoms with E-state index in [4.69, 9.17) is 0 Å². The molecule has 1 aromatic rings. The van der Waals surface area contributed by atoms with E-state index in [1.54, 1.807) is 0 Å². The molecule has 1 fully saturated rings. The molecule has 0 aromatic heterocycles. The van der Waals surface area contributed by atoms with Gasteiger partial charge in [0.05, 0.1) is 0 Å². The molecule has 1 saturated carbocycles. The number of benzene rings is 1. The first-order valence-corrected chi connectivity index (χ1v) is 7.50. The molecule has 0 radical (unpaired) electrons. The predicted octanol–water partition coefficient (Wildman–Crippen LogP) is 4.20. The maximum Gasteiger partial charge on any atom is 0.00956 e. The third-order valence-corrected chi connectivity index (χ3v) is 4.81. The van der Waals surface area contributed by atoms with Crippen molar-refractivity contribution in [3.8, 4) is 0 Å². The average molecular weight is 245 g/mol. The Morgan fingerprint density at radius 2 is 1.94 bits per heavy atom. The summed E-state index contributed by atoms with van der Waals surface area (Å²) in [5.41, 5.74) is 1.45. The third kappa shape index (κ3) is 3.14. The van der Waals surface area contributed by atoms with E-state index in [1.165, 1.54) is 24.8 Å². The number of nitrogens with one attached hydrogen (secondary N) is 1. The van der Waals surface area contributed by atoms with Gasteiger partial charge in [0.15, 0.2) is 0 Å². The maximum atomic E-state index is 3.79. The van der Waals surface area contributed by atoms with Crippen LogP contribution in [0.2, 0.25) is 0 Å². The third-order valence-electron chi connectivity index (χ3n) is 4.81. The summed E-state index contributed by atoms with van der Waals surface area (Å²) in [5.74, 6) is 2.39. The summed E-state index contributed by atoms with van der Waals surface area (Å²) in [6.45, 7) is 8.18. The van der Waals surface area contributed by atoms with Gasteiger partial charge in [-0.25, -0.2) is 0 Å². The molecule has 4 unspecified atom stereocenters. The minimum atomic E-state index is 0.610. The van der Waals surface area contributed by atoms with Crippen LogP contribution in [0.25, 0.3) is 0 Å². The van der Waals surface area contributed by atoms with E-state index in [0.717, 1.165) is 24.4 Å². The quantitative estimate of drug-likeness (QED) is 0.819. The van der Waals surface area contributed by atoms with Crippen molar-refractivity contribution in [2.75, 3.05) is 6.54 Å². The molecule has 2 rings (SSSR count). The lowest BCUT2D eigenvalue weighted by atomic mass is 9.93. The zero-order chi connectivity index (χ0) is 13.0. The van der Waals surface area contributed by atoms with Gasteiger partial charge in [-0.2, -0.15) is 0 Å². The van der Waals surface area contributed by atoms with E-state index in [-0.39, 0.29) is 0 Å². The highest BCUT2D eigenvalue weighted by molar-refractivity contribution is 5.19. The molecule has 0 amide bonds. The van der Waals surface area contributed by atoms with E-state index in [1.807, 2.05) is 0 Å². The van der Waals surface area contributed by atoms with Crippen LogP contribution in [0.5, 0.6) is 0 Å². The van der Waals surface area contributed by atoms with Crippen molar-refractivity contribution in [3.05, 3.63) is 35.9 Å². The van der Waals surface area contributed by atoms with E-state index < -0.39 is 0 Å². The molecule has 4 atom stereocenters. The highest BCUT2D eigenvalue weighted by Gasteiger charge is 2.31. The van der Waals surface area contributed by atoms with Crippen LogP contribution in [0.3, 0.4) is 0 Å². The molecule has 1 aliphatic rings. The van der Waals surface area contributed by atoms with Gasteiger partial charge in [0.2, 0.25) is 0 Å². The fourth-order valence-electron chi connectivity index (χ4n) is 3.34. The first kappa shape index (κ1) is 13.6. The maximum absolute atomic E-state index is 3.79. The van der Waals surface area contributed by atoms with E-state index in [9.17, 15) is 0 Å². The fraction of sp³-hybridized carbons (Fsp3) is 0.647. The van der Waals surface area contributed by atoms with Crippen LogP contribution < -0.4 is 5.32 Å². The lowest BCUT2D eigenvalue weighted by Crippen LogP contribution is -2.35. The molecular formula is C17H27N. The van der Waals surface area contributed by atoms with Gasteiger partial charge in [0, 0.05) is 12.6 Å². The predicted molar refractivity (Wildman–Crippen MR) is 78.8 cm³/mol. The van der Waals surface area contributed by atoms with Gasteiger partial charge in [-0.3, -0.25) is 0 Å². The summed E-state index contributed by atoms with van der Waals surface area (Å²) in [5, 5.41) is 3.79. The topological polar surface area (TPSA) is 12.0 Å². The van der Waals surface area contributed by atoms with Crippen molar-refractivity contribution in [1.29, 1.82) is 0 Å². The van der Waals surface area contributed by atoms with Gasteiger partial charge in [0.1, 0.15) is 0 Å². The standard InChI is InChI=1S/C17H27N/c1-4-15-10-11-17(14(15)3)18-12-13(2)16-8-6-5-7-9-16/h5-9,13-15,17-18H,4,10-12H2,1-3H3. The molecular weight excluding hydrogens is 218 g/mol. The Balaban J connectivity index is 1.82. The Hall–Kier alpha value is -0.820. The molecule has 18 heavy (non-hydrogen) atoms. The average Bonchev–Trinajstić information content (AvgIpc) is 2.77. The molecule has 0 heterocycles. The van der Waals surface area contributed by atoms with Crippen LogP contribution >= 0.6 is 0 Å². The van der Waals surface area contributed by atoms with E-state index >= 15 is 0 Å². The van der Waals surface area contributed by atoms with Crippen molar-refractivity contribution < 1.29 is 0 Å². The molecule has 100 valence electrons. The van der Waals surface area contributed by atoms with Crippen LogP contribution in [-0.2, 0) is 0 Å². The largest absolute Gasteiger partial charge is 0.313 e. The zero-order valence-corrected chi connectivity index (χ0v) is 12.0. The second-order valence-electron chi connectivity index (χ2n) is 5.93. The van der Waals surface area contributed by atoms with Gasteiger partial charge in [-0.05, 0) is 36.2 Å². The van der Waals surface area contributed by atoms with Crippen molar-refractivity contribution in [2.24, 2.45) is 11.8 Å². The zero-order valence-electron chi connectivity index (χ0n) is 12.0. The number of rotatable bonds is 5. The fourth-order valence-corrected chi connectivity index (χ4v) is 3.34. The Bertz CT molecular complexity index is 346. The van der Waals surface area contributed by atoms with Crippen molar-refractivity contribution in [3.63, 3.8) is 0 Å². The minimum absolute atomic E-state index is 0.610. The summed E-state index contributed by atoms with van der Waals surface area (Å²) in [6, 6.07) is 11.6. The molecule has 1 aromatic carbocycles. The summed E-state index contributed by atoms with van der Waals surface area (Å²) in [4.78, 5) is 0. The molecule has 0 aliphatic heterocycles. The highest BCUT2D eigenvalue weighted by atomic mass is 14.9. The molecule has 1 N–H and O–H groups in total. The van der Waals surface area contributed by atoms with Crippen molar-refractivity contribution in [1.82, 2.24) is 5.32 Å². The van der Waals surface area contributed by atoms with Crippen LogP contribution in [0.1, 0.15) is 51.5 Å². The van der Waals surface area contributed by atoms with E-state index in [0.29, 0.717) is 5.92 Å². The molecule has 0 saturated heterocycles. The van der Waals surface area contributed by atoms with Crippen LogP contribution in [-0.4, -0.2) is 12.6 Å². The monoisotopic (exact) mass is 245 g/mol. The smallest absolute Gasteiger partial charge is 0.00956 e. The highest BCUT2D eigenvalue weighted by Crippen LogP contribution is 2.34. The lowest BCUT2D eigenvalue weighted by Gasteiger charge is -2.23. The Labute approximate surface area is 112 Å². The minimum Gasteiger partial charge on any atom is -0.313 e. The number of hydrogen-bond donors (Lipinski definition) is 1. The summed E-state index contributed by atoms with van der Waals surface area (Å²) >= 11 is 0. The second kappa shape index (κ2) is 6.38. The van der Waals surface area contributed by atoms with Crippen molar-refractivity contribution >= 4 is 0 Å². The van der Waals surface area contributed by atoms with Crippen LogP contribution in [0.4, 0.5) is 0 Å². The normalized spacial score (nSPS) is 29.4. The molecule has 1 aliphatic carbocycles. The van der Waals surface area contributed by atoms with Gasteiger partial charge in [-0.1, -0.05) is 57.5 Å². The first-order valence-electron chi connectivity index (χ1n) is 7.50. The Kier molecular flexibility index (Phi) is 4.82.